The van der Waals surface area contributed by atoms with E-state index in [-0.39, 0.29) is 13.2 Å². The first-order chi connectivity index (χ1) is 18.6. The van der Waals surface area contributed by atoms with Crippen LogP contribution in [0, 0.1) is 0 Å². The molecule has 8 nitrogen and oxygen atoms in total. The SMILES string of the molecule is COC(=O)COCCOCCOCCOCCOC(C)C(F)CN(Cc1ccccc1)Cc1ccccc1. The zero-order chi connectivity index (χ0) is 27.3. The van der Waals surface area contributed by atoms with Crippen molar-refractivity contribution in [3.63, 3.8) is 0 Å². The summed E-state index contributed by atoms with van der Waals surface area (Å²) in [6.07, 6.45) is -1.67. The van der Waals surface area contributed by atoms with Crippen LogP contribution in [0.3, 0.4) is 0 Å². The maximum atomic E-state index is 15.1. The van der Waals surface area contributed by atoms with Crippen molar-refractivity contribution in [2.75, 3.05) is 73.1 Å². The van der Waals surface area contributed by atoms with Gasteiger partial charge in [0.25, 0.3) is 0 Å². The van der Waals surface area contributed by atoms with E-state index in [9.17, 15) is 4.79 Å². The largest absolute Gasteiger partial charge is 0.467 e. The molecule has 2 aromatic carbocycles. The number of esters is 1. The van der Waals surface area contributed by atoms with E-state index >= 15 is 4.39 Å². The molecule has 0 aliphatic carbocycles. The zero-order valence-electron chi connectivity index (χ0n) is 22.6. The van der Waals surface area contributed by atoms with E-state index in [0.717, 1.165) is 11.1 Å². The Morgan fingerprint density at radius 1 is 0.737 bits per heavy atom. The third-order valence-corrected chi connectivity index (χ3v) is 5.61. The van der Waals surface area contributed by atoms with Crippen molar-refractivity contribution < 1.29 is 37.6 Å². The van der Waals surface area contributed by atoms with Gasteiger partial charge in [0.15, 0.2) is 0 Å². The molecule has 2 rings (SSSR count). The van der Waals surface area contributed by atoms with Crippen molar-refractivity contribution in [1.82, 2.24) is 4.90 Å². The minimum absolute atomic E-state index is 0.0802. The number of benzene rings is 2. The van der Waals surface area contributed by atoms with Gasteiger partial charge in [0.2, 0.25) is 0 Å². The summed E-state index contributed by atoms with van der Waals surface area (Å²) in [6.45, 7) is 6.36. The number of ether oxygens (including phenoxy) is 6. The molecule has 0 heterocycles. The highest BCUT2D eigenvalue weighted by atomic mass is 19.1. The smallest absolute Gasteiger partial charge is 0.331 e. The minimum Gasteiger partial charge on any atom is -0.467 e. The molecule has 0 aliphatic rings. The van der Waals surface area contributed by atoms with Crippen molar-refractivity contribution in [3.05, 3.63) is 71.8 Å². The predicted molar refractivity (Wildman–Crippen MR) is 143 cm³/mol. The van der Waals surface area contributed by atoms with Crippen molar-refractivity contribution in [2.24, 2.45) is 0 Å². The topological polar surface area (TPSA) is 75.7 Å². The number of methoxy groups -OCH3 is 1. The molecule has 9 heteroatoms. The molecule has 0 aromatic heterocycles. The highest BCUT2D eigenvalue weighted by molar-refractivity contribution is 5.70. The van der Waals surface area contributed by atoms with E-state index in [1.807, 2.05) is 36.4 Å². The number of hydrogen-bond acceptors (Lipinski definition) is 8. The quantitative estimate of drug-likeness (QED) is 0.167. The molecular weight excluding hydrogens is 493 g/mol. The fraction of sp³-hybridized carbons (Fsp3) is 0.552. The lowest BCUT2D eigenvalue weighted by molar-refractivity contribution is -0.146. The van der Waals surface area contributed by atoms with Crippen LogP contribution in [0.1, 0.15) is 18.1 Å². The second-order valence-corrected chi connectivity index (χ2v) is 8.70. The summed E-state index contributed by atoms with van der Waals surface area (Å²) >= 11 is 0. The number of rotatable bonds is 22. The Morgan fingerprint density at radius 2 is 1.18 bits per heavy atom. The van der Waals surface area contributed by atoms with Crippen molar-refractivity contribution in [2.45, 2.75) is 32.3 Å². The van der Waals surface area contributed by atoms with Crippen molar-refractivity contribution >= 4 is 5.97 Å². The van der Waals surface area contributed by atoms with Gasteiger partial charge in [-0.3, -0.25) is 4.90 Å². The van der Waals surface area contributed by atoms with Gasteiger partial charge < -0.3 is 28.4 Å². The lowest BCUT2D eigenvalue weighted by Gasteiger charge is -2.27. The molecule has 0 saturated heterocycles. The molecule has 212 valence electrons. The highest BCUT2D eigenvalue weighted by Crippen LogP contribution is 2.14. The van der Waals surface area contributed by atoms with Crippen LogP contribution < -0.4 is 0 Å². The van der Waals surface area contributed by atoms with Crippen molar-refractivity contribution in [1.29, 1.82) is 0 Å². The number of alkyl halides is 1. The van der Waals surface area contributed by atoms with E-state index in [4.69, 9.17) is 23.7 Å². The summed E-state index contributed by atoms with van der Waals surface area (Å²) in [5.41, 5.74) is 2.30. The van der Waals surface area contributed by atoms with Crippen LogP contribution >= 0.6 is 0 Å². The first-order valence-electron chi connectivity index (χ1n) is 13.0. The number of carbonyl (C=O) groups excluding carboxylic acids is 1. The number of halogens is 1. The molecular formula is C29H42FNO7. The van der Waals surface area contributed by atoms with E-state index in [2.05, 4.69) is 33.9 Å². The standard InChI is InChI=1S/C29H42FNO7/c1-25(38-20-19-36-16-15-34-13-14-35-17-18-37-24-29(32)33-2)28(30)23-31(21-26-9-5-3-6-10-26)22-27-11-7-4-8-12-27/h3-12,25,28H,13-24H2,1-2H3. The summed E-state index contributed by atoms with van der Waals surface area (Å²) in [5, 5.41) is 0. The summed E-state index contributed by atoms with van der Waals surface area (Å²) in [4.78, 5) is 13.0. The Balaban J connectivity index is 1.53. The Kier molecular flexibility index (Phi) is 17.2. The molecule has 0 radical (unpaired) electrons. The zero-order valence-corrected chi connectivity index (χ0v) is 22.6. The van der Waals surface area contributed by atoms with Crippen LogP contribution in [0.4, 0.5) is 4.39 Å². The van der Waals surface area contributed by atoms with Gasteiger partial charge in [-0.1, -0.05) is 60.7 Å². The van der Waals surface area contributed by atoms with Crippen LogP contribution in [0.15, 0.2) is 60.7 Å². The average molecular weight is 536 g/mol. The third kappa shape index (κ3) is 15.1. The van der Waals surface area contributed by atoms with Gasteiger partial charge in [-0.05, 0) is 18.1 Å². The lowest BCUT2D eigenvalue weighted by Crippen LogP contribution is -2.36. The Hall–Kier alpha value is -2.40. The van der Waals surface area contributed by atoms with E-state index in [1.165, 1.54) is 7.11 Å². The van der Waals surface area contributed by atoms with Crippen LogP contribution in [0.2, 0.25) is 0 Å². The number of carbonyl (C=O) groups is 1. The van der Waals surface area contributed by atoms with Crippen LogP contribution in [-0.2, 0) is 46.3 Å². The molecule has 2 aromatic rings. The van der Waals surface area contributed by atoms with Crippen LogP contribution in [-0.4, -0.2) is 96.3 Å². The monoisotopic (exact) mass is 535 g/mol. The predicted octanol–water partition coefficient (Wildman–Crippen LogP) is 3.67. The molecule has 0 aliphatic heterocycles. The molecule has 38 heavy (non-hydrogen) atoms. The summed E-state index contributed by atoms with van der Waals surface area (Å²) in [5.74, 6) is -0.415. The van der Waals surface area contributed by atoms with Gasteiger partial charge in [-0.15, -0.1) is 0 Å². The Bertz CT molecular complexity index is 802. The number of hydrogen-bond donors (Lipinski definition) is 0. The molecule has 0 N–H and O–H groups in total. The highest BCUT2D eigenvalue weighted by Gasteiger charge is 2.21. The lowest BCUT2D eigenvalue weighted by atomic mass is 10.1. The van der Waals surface area contributed by atoms with Crippen molar-refractivity contribution in [3.8, 4) is 0 Å². The minimum atomic E-state index is -1.13. The molecule has 2 unspecified atom stereocenters. The van der Waals surface area contributed by atoms with E-state index in [0.29, 0.717) is 65.9 Å². The fourth-order valence-electron chi connectivity index (χ4n) is 3.53. The molecule has 0 amide bonds. The Labute approximate surface area is 225 Å². The normalized spacial score (nSPS) is 12.9. The van der Waals surface area contributed by atoms with Gasteiger partial charge in [0.05, 0.1) is 66.1 Å². The molecule has 0 saturated carbocycles. The van der Waals surface area contributed by atoms with E-state index in [1.54, 1.807) is 6.92 Å². The van der Waals surface area contributed by atoms with Gasteiger partial charge in [0.1, 0.15) is 12.8 Å². The maximum absolute atomic E-state index is 15.1. The maximum Gasteiger partial charge on any atom is 0.331 e. The van der Waals surface area contributed by atoms with E-state index < -0.39 is 18.2 Å². The van der Waals surface area contributed by atoms with Crippen LogP contribution in [0.5, 0.6) is 0 Å². The average Bonchev–Trinajstić information content (AvgIpc) is 2.93. The summed E-state index contributed by atoms with van der Waals surface area (Å²) < 4.78 is 46.6. The third-order valence-electron chi connectivity index (χ3n) is 5.61. The first kappa shape index (κ1) is 31.8. The Morgan fingerprint density at radius 3 is 1.66 bits per heavy atom. The second kappa shape index (κ2) is 20.5. The van der Waals surface area contributed by atoms with Gasteiger partial charge >= 0.3 is 5.97 Å². The second-order valence-electron chi connectivity index (χ2n) is 8.70. The molecule has 2 atom stereocenters. The van der Waals surface area contributed by atoms with Gasteiger partial charge in [0, 0.05) is 19.6 Å². The van der Waals surface area contributed by atoms with Gasteiger partial charge in [-0.2, -0.15) is 0 Å². The van der Waals surface area contributed by atoms with Crippen LogP contribution in [0.25, 0.3) is 0 Å². The molecule has 0 fully saturated rings. The molecule has 0 bridgehead atoms. The summed E-state index contributed by atoms with van der Waals surface area (Å²) in [7, 11) is 1.31. The fourth-order valence-corrected chi connectivity index (χ4v) is 3.53. The number of nitrogens with zero attached hydrogens (tertiary/aromatic N) is 1. The van der Waals surface area contributed by atoms with Gasteiger partial charge in [-0.25, -0.2) is 9.18 Å². The summed E-state index contributed by atoms with van der Waals surface area (Å²) in [6, 6.07) is 20.2. The first-order valence-corrected chi connectivity index (χ1v) is 13.0. The molecule has 0 spiro atoms.